The monoisotopic (exact) mass is 536 g/mol. The first-order valence-electron chi connectivity index (χ1n) is 14.4. The molecule has 1 amide bonds. The van der Waals surface area contributed by atoms with Crippen molar-refractivity contribution in [1.29, 1.82) is 0 Å². The number of benzene rings is 2. The molecule has 1 N–H and O–H groups in total. The molecule has 1 unspecified atom stereocenters. The van der Waals surface area contributed by atoms with Crippen LogP contribution in [0.5, 0.6) is 11.5 Å². The number of nitrogens with zero attached hydrogens (tertiary/aromatic N) is 2. The molecule has 7 heteroatoms. The number of rotatable bonds is 16. The Kier molecular flexibility index (Phi) is 11.9. The molecular formula is C32H44N2O5. The van der Waals surface area contributed by atoms with Gasteiger partial charge in [0.25, 0.3) is 11.7 Å². The van der Waals surface area contributed by atoms with Crippen LogP contribution in [0.2, 0.25) is 0 Å². The van der Waals surface area contributed by atoms with Crippen molar-refractivity contribution < 1.29 is 24.2 Å². The van der Waals surface area contributed by atoms with Gasteiger partial charge in [-0.25, -0.2) is 0 Å². The van der Waals surface area contributed by atoms with Crippen LogP contribution in [-0.4, -0.2) is 66.0 Å². The van der Waals surface area contributed by atoms with E-state index in [-0.39, 0.29) is 11.3 Å². The normalized spacial score (nSPS) is 16.7. The Morgan fingerprint density at radius 3 is 2.26 bits per heavy atom. The van der Waals surface area contributed by atoms with Gasteiger partial charge in [0.15, 0.2) is 0 Å². The lowest BCUT2D eigenvalue weighted by Gasteiger charge is -2.27. The molecule has 0 aromatic heterocycles. The number of carbonyl (C=O) groups excluding carboxylic acids is 2. The highest BCUT2D eigenvalue weighted by Crippen LogP contribution is 2.40. The molecule has 2 aromatic rings. The molecule has 1 aliphatic heterocycles. The molecule has 3 rings (SSSR count). The average Bonchev–Trinajstić information content (AvgIpc) is 3.21. The summed E-state index contributed by atoms with van der Waals surface area (Å²) in [5, 5.41) is 11.4. The standard InChI is InChI=1S/C32H44N2O5/c1-5-9-10-22-39-26-17-15-24(16-18-26)29-28(30(35)25-13-11-14-27(23-25)38-21-6-2)31(36)32(37)34(29)20-12-19-33(7-3)8-4/h11,13-18,23,29,35H,5-10,12,19-22H2,1-4H3. The maximum Gasteiger partial charge on any atom is 0.295 e. The number of amides is 1. The second-order valence-corrected chi connectivity index (χ2v) is 9.87. The second kappa shape index (κ2) is 15.3. The lowest BCUT2D eigenvalue weighted by Crippen LogP contribution is -2.33. The van der Waals surface area contributed by atoms with E-state index < -0.39 is 17.7 Å². The molecule has 39 heavy (non-hydrogen) atoms. The Labute approximate surface area is 233 Å². The van der Waals surface area contributed by atoms with E-state index in [4.69, 9.17) is 9.47 Å². The number of ketones is 1. The Hall–Kier alpha value is -3.32. The van der Waals surface area contributed by atoms with E-state index in [0.29, 0.717) is 31.1 Å². The van der Waals surface area contributed by atoms with Crippen molar-refractivity contribution in [3.05, 3.63) is 65.2 Å². The summed E-state index contributed by atoms with van der Waals surface area (Å²) in [5.41, 5.74) is 1.32. The molecule has 2 aromatic carbocycles. The van der Waals surface area contributed by atoms with Crippen LogP contribution in [0.25, 0.3) is 5.76 Å². The number of aliphatic hydroxyl groups is 1. The van der Waals surface area contributed by atoms with Crippen molar-refractivity contribution in [2.75, 3.05) is 39.4 Å². The van der Waals surface area contributed by atoms with Crippen LogP contribution in [0.15, 0.2) is 54.1 Å². The number of Topliss-reactive ketones (excluding diaryl/α,β-unsaturated/α-hetero) is 1. The minimum Gasteiger partial charge on any atom is -0.507 e. The number of likely N-dealkylation sites (tertiary alicyclic amines) is 1. The van der Waals surface area contributed by atoms with Gasteiger partial charge in [-0.2, -0.15) is 0 Å². The minimum atomic E-state index is -0.684. The summed E-state index contributed by atoms with van der Waals surface area (Å²) in [5.74, 6) is -0.0875. The first-order chi connectivity index (χ1) is 18.9. The van der Waals surface area contributed by atoms with Gasteiger partial charge >= 0.3 is 0 Å². The van der Waals surface area contributed by atoms with Crippen molar-refractivity contribution in [2.45, 2.75) is 65.8 Å². The second-order valence-electron chi connectivity index (χ2n) is 9.87. The highest BCUT2D eigenvalue weighted by molar-refractivity contribution is 6.46. The SMILES string of the molecule is CCCCCOc1ccc(C2C(=C(O)c3cccc(OCCC)c3)C(=O)C(=O)N2CCCN(CC)CC)cc1. The van der Waals surface area contributed by atoms with E-state index in [1.807, 2.05) is 37.3 Å². The lowest BCUT2D eigenvalue weighted by atomic mass is 9.95. The summed E-state index contributed by atoms with van der Waals surface area (Å²) in [4.78, 5) is 30.6. The zero-order chi connectivity index (χ0) is 28.2. The molecule has 1 fully saturated rings. The van der Waals surface area contributed by atoms with Crippen LogP contribution in [-0.2, 0) is 9.59 Å². The molecule has 1 atom stereocenters. The molecule has 0 bridgehead atoms. The fraction of sp³-hybridized carbons (Fsp3) is 0.500. The molecule has 212 valence electrons. The fourth-order valence-electron chi connectivity index (χ4n) is 4.86. The summed E-state index contributed by atoms with van der Waals surface area (Å²) >= 11 is 0. The number of carbonyl (C=O) groups is 2. The van der Waals surface area contributed by atoms with Crippen molar-refractivity contribution in [3.8, 4) is 11.5 Å². The van der Waals surface area contributed by atoms with Gasteiger partial charge in [-0.15, -0.1) is 0 Å². The first kappa shape index (κ1) is 30.2. The van der Waals surface area contributed by atoms with Gasteiger partial charge in [0.2, 0.25) is 0 Å². The summed E-state index contributed by atoms with van der Waals surface area (Å²) in [7, 11) is 0. The highest BCUT2D eigenvalue weighted by atomic mass is 16.5. The third kappa shape index (κ3) is 7.85. The van der Waals surface area contributed by atoms with Gasteiger partial charge in [0.05, 0.1) is 24.8 Å². The zero-order valence-electron chi connectivity index (χ0n) is 23.9. The van der Waals surface area contributed by atoms with Crippen molar-refractivity contribution >= 4 is 17.4 Å². The quantitative estimate of drug-likeness (QED) is 0.119. The molecule has 0 radical (unpaired) electrons. The third-order valence-corrected chi connectivity index (χ3v) is 7.10. The zero-order valence-corrected chi connectivity index (χ0v) is 23.9. The van der Waals surface area contributed by atoms with Gasteiger partial charge in [-0.05, 0) is 68.7 Å². The minimum absolute atomic E-state index is 0.104. The molecule has 1 saturated heterocycles. The van der Waals surface area contributed by atoms with E-state index in [0.717, 1.165) is 63.1 Å². The molecule has 1 heterocycles. The van der Waals surface area contributed by atoms with Gasteiger partial charge in [0, 0.05) is 12.1 Å². The van der Waals surface area contributed by atoms with Crippen LogP contribution in [0.3, 0.4) is 0 Å². The smallest absolute Gasteiger partial charge is 0.295 e. The van der Waals surface area contributed by atoms with E-state index in [1.165, 1.54) is 0 Å². The van der Waals surface area contributed by atoms with E-state index in [9.17, 15) is 14.7 Å². The summed E-state index contributed by atoms with van der Waals surface area (Å²) in [6, 6.07) is 13.9. The Morgan fingerprint density at radius 1 is 0.872 bits per heavy atom. The molecule has 0 aliphatic carbocycles. The van der Waals surface area contributed by atoms with Gasteiger partial charge in [-0.3, -0.25) is 9.59 Å². The lowest BCUT2D eigenvalue weighted by molar-refractivity contribution is -0.140. The number of unbranched alkanes of at least 4 members (excludes halogenated alkanes) is 2. The number of hydrogen-bond acceptors (Lipinski definition) is 6. The van der Waals surface area contributed by atoms with E-state index in [2.05, 4.69) is 25.7 Å². The number of aliphatic hydroxyl groups excluding tert-OH is 1. The maximum absolute atomic E-state index is 13.4. The van der Waals surface area contributed by atoms with E-state index >= 15 is 0 Å². The van der Waals surface area contributed by atoms with Crippen LogP contribution in [0.1, 0.15) is 77.0 Å². The number of hydrogen-bond donors (Lipinski definition) is 1. The Balaban J connectivity index is 1.96. The van der Waals surface area contributed by atoms with Gasteiger partial charge in [0.1, 0.15) is 17.3 Å². The van der Waals surface area contributed by atoms with Crippen molar-refractivity contribution in [2.24, 2.45) is 0 Å². The van der Waals surface area contributed by atoms with E-state index in [1.54, 1.807) is 23.1 Å². The Morgan fingerprint density at radius 2 is 1.59 bits per heavy atom. The summed E-state index contributed by atoms with van der Waals surface area (Å²) in [6.45, 7) is 12.7. The molecule has 1 aliphatic rings. The summed E-state index contributed by atoms with van der Waals surface area (Å²) in [6.07, 6.45) is 4.82. The first-order valence-corrected chi connectivity index (χ1v) is 14.4. The third-order valence-electron chi connectivity index (χ3n) is 7.10. The number of ether oxygens (including phenoxy) is 2. The van der Waals surface area contributed by atoms with Crippen molar-refractivity contribution in [1.82, 2.24) is 9.80 Å². The topological polar surface area (TPSA) is 79.3 Å². The predicted octanol–water partition coefficient (Wildman–Crippen LogP) is 6.20. The van der Waals surface area contributed by atoms with Gasteiger partial charge in [-0.1, -0.05) is 64.8 Å². The maximum atomic E-state index is 13.4. The van der Waals surface area contributed by atoms with Gasteiger partial charge < -0.3 is 24.4 Å². The average molecular weight is 537 g/mol. The fourth-order valence-corrected chi connectivity index (χ4v) is 4.86. The van der Waals surface area contributed by atoms with Crippen LogP contribution in [0, 0.1) is 0 Å². The largest absolute Gasteiger partial charge is 0.507 e. The van der Waals surface area contributed by atoms with Crippen LogP contribution in [0.4, 0.5) is 0 Å². The highest BCUT2D eigenvalue weighted by Gasteiger charge is 2.45. The Bertz CT molecular complexity index is 1110. The molecule has 7 nitrogen and oxygen atoms in total. The summed E-state index contributed by atoms with van der Waals surface area (Å²) < 4.78 is 11.6. The van der Waals surface area contributed by atoms with Crippen molar-refractivity contribution in [3.63, 3.8) is 0 Å². The molecular weight excluding hydrogens is 492 g/mol. The predicted molar refractivity (Wildman–Crippen MR) is 155 cm³/mol. The molecule has 0 saturated carbocycles. The van der Waals surface area contributed by atoms with Crippen LogP contribution >= 0.6 is 0 Å². The molecule has 0 spiro atoms. The van der Waals surface area contributed by atoms with Crippen LogP contribution < -0.4 is 9.47 Å².